The molecular formula is C25H22ClN3O6S. The average Bonchev–Trinajstić information content (AvgIpc) is 3.23. The van der Waals surface area contributed by atoms with Gasteiger partial charge < -0.3 is 18.9 Å². The van der Waals surface area contributed by atoms with Crippen molar-refractivity contribution in [3.63, 3.8) is 0 Å². The number of benzene rings is 2. The SMILES string of the molecule is CCOc1cc(/C=C2/C(=N)N3C=C(C)SC3=NC2=O)cc(Cl)c1OC(=O)c1ccc(OC)c(OC)c1. The van der Waals surface area contributed by atoms with Gasteiger partial charge >= 0.3 is 5.97 Å². The molecule has 0 atom stereocenters. The Balaban J connectivity index is 1.66. The molecule has 36 heavy (non-hydrogen) atoms. The normalized spacial score (nSPS) is 15.9. The quantitative estimate of drug-likeness (QED) is 0.299. The summed E-state index contributed by atoms with van der Waals surface area (Å²) in [5, 5.41) is 9.01. The number of amidine groups is 2. The minimum absolute atomic E-state index is 0.00684. The number of fused-ring (bicyclic) bond motifs is 1. The van der Waals surface area contributed by atoms with E-state index in [1.54, 1.807) is 36.2 Å². The predicted molar refractivity (Wildman–Crippen MR) is 138 cm³/mol. The molecule has 2 aliphatic heterocycles. The van der Waals surface area contributed by atoms with Crippen LogP contribution in [0.3, 0.4) is 0 Å². The van der Waals surface area contributed by atoms with Gasteiger partial charge in [0, 0.05) is 11.1 Å². The third-order valence-corrected chi connectivity index (χ3v) is 6.33. The Morgan fingerprint density at radius 1 is 1.17 bits per heavy atom. The Bertz CT molecular complexity index is 1370. The number of hydrogen-bond acceptors (Lipinski definition) is 8. The van der Waals surface area contributed by atoms with E-state index < -0.39 is 11.9 Å². The second-order valence-corrected chi connectivity index (χ2v) is 9.16. The fraction of sp³-hybridized carbons (Fsp3) is 0.200. The smallest absolute Gasteiger partial charge is 0.343 e. The Labute approximate surface area is 216 Å². The number of carbonyl (C=O) groups is 2. The van der Waals surface area contributed by atoms with Gasteiger partial charge in [-0.05, 0) is 55.8 Å². The predicted octanol–water partition coefficient (Wildman–Crippen LogP) is 5.14. The number of amides is 1. The van der Waals surface area contributed by atoms with Gasteiger partial charge in [0.2, 0.25) is 0 Å². The standard InChI is InChI=1S/C25H22ClN3O6S/c1-5-34-20-10-14(8-16-22(27)29-12-13(2)36-25(29)28-23(16)30)9-17(26)21(20)35-24(31)15-6-7-18(32-3)19(11-15)33-4/h6-12,27H,5H2,1-4H3/b16-8-,27-22?. The molecular weight excluding hydrogens is 506 g/mol. The lowest BCUT2D eigenvalue weighted by atomic mass is 10.1. The molecule has 0 saturated heterocycles. The molecule has 9 nitrogen and oxygen atoms in total. The van der Waals surface area contributed by atoms with Crippen molar-refractivity contribution in [2.24, 2.45) is 4.99 Å². The monoisotopic (exact) mass is 527 g/mol. The van der Waals surface area contributed by atoms with Gasteiger partial charge in [-0.15, -0.1) is 0 Å². The van der Waals surface area contributed by atoms with Crippen molar-refractivity contribution in [2.75, 3.05) is 20.8 Å². The summed E-state index contributed by atoms with van der Waals surface area (Å²) in [7, 11) is 2.96. The van der Waals surface area contributed by atoms with Crippen LogP contribution in [0.15, 0.2) is 52.0 Å². The van der Waals surface area contributed by atoms with Gasteiger partial charge in [-0.25, -0.2) is 4.79 Å². The number of hydrogen-bond donors (Lipinski definition) is 1. The number of esters is 1. The number of nitrogens with zero attached hydrogens (tertiary/aromatic N) is 2. The molecule has 1 N–H and O–H groups in total. The number of ether oxygens (including phenoxy) is 4. The Hall–Kier alpha value is -3.76. The highest BCUT2D eigenvalue weighted by Crippen LogP contribution is 2.39. The minimum Gasteiger partial charge on any atom is -0.493 e. The van der Waals surface area contributed by atoms with Gasteiger partial charge in [-0.1, -0.05) is 23.4 Å². The second kappa shape index (κ2) is 10.5. The molecule has 0 radical (unpaired) electrons. The zero-order valence-electron chi connectivity index (χ0n) is 19.9. The fourth-order valence-electron chi connectivity index (χ4n) is 3.52. The zero-order valence-corrected chi connectivity index (χ0v) is 21.5. The molecule has 2 aromatic carbocycles. The van der Waals surface area contributed by atoms with Crippen LogP contribution in [0.4, 0.5) is 0 Å². The van der Waals surface area contributed by atoms with Crippen LogP contribution in [0.5, 0.6) is 23.0 Å². The second-order valence-electron chi connectivity index (χ2n) is 7.54. The van der Waals surface area contributed by atoms with Crippen molar-refractivity contribution < 1.29 is 28.5 Å². The number of nitrogens with one attached hydrogen (secondary N) is 1. The lowest BCUT2D eigenvalue weighted by Crippen LogP contribution is -2.35. The van der Waals surface area contributed by atoms with E-state index in [0.717, 1.165) is 4.91 Å². The Morgan fingerprint density at radius 3 is 2.61 bits per heavy atom. The number of thioether (sulfide) groups is 1. The molecule has 2 aromatic rings. The molecule has 4 rings (SSSR count). The van der Waals surface area contributed by atoms with E-state index in [9.17, 15) is 9.59 Å². The van der Waals surface area contributed by atoms with Crippen molar-refractivity contribution in [1.82, 2.24) is 4.90 Å². The van der Waals surface area contributed by atoms with Gasteiger partial charge in [0.15, 0.2) is 28.2 Å². The van der Waals surface area contributed by atoms with Crippen LogP contribution in [0.25, 0.3) is 6.08 Å². The van der Waals surface area contributed by atoms with E-state index in [0.29, 0.717) is 22.2 Å². The zero-order chi connectivity index (χ0) is 26.0. The van der Waals surface area contributed by atoms with Crippen molar-refractivity contribution >= 4 is 52.3 Å². The summed E-state index contributed by atoms with van der Waals surface area (Å²) in [6.07, 6.45) is 3.26. The van der Waals surface area contributed by atoms with Crippen LogP contribution in [0, 0.1) is 5.41 Å². The van der Waals surface area contributed by atoms with Gasteiger partial charge in [0.25, 0.3) is 5.91 Å². The summed E-state index contributed by atoms with van der Waals surface area (Å²) in [6.45, 7) is 3.92. The number of allylic oxidation sites excluding steroid dienone is 1. The molecule has 0 saturated carbocycles. The van der Waals surface area contributed by atoms with Crippen LogP contribution in [-0.4, -0.2) is 48.6 Å². The summed E-state index contributed by atoms with van der Waals surface area (Å²) in [6, 6.07) is 7.73. The maximum atomic E-state index is 12.9. The molecule has 1 amide bonds. The van der Waals surface area contributed by atoms with E-state index in [4.69, 9.17) is 36.0 Å². The molecule has 2 heterocycles. The van der Waals surface area contributed by atoms with Gasteiger partial charge in [-0.2, -0.15) is 4.99 Å². The van der Waals surface area contributed by atoms with Crippen LogP contribution >= 0.6 is 23.4 Å². The molecule has 0 spiro atoms. The highest BCUT2D eigenvalue weighted by Gasteiger charge is 2.33. The first kappa shape index (κ1) is 25.3. The third kappa shape index (κ3) is 4.95. The summed E-state index contributed by atoms with van der Waals surface area (Å²) >= 11 is 7.82. The average molecular weight is 528 g/mol. The molecule has 0 bridgehead atoms. The van der Waals surface area contributed by atoms with Crippen molar-refractivity contribution in [2.45, 2.75) is 13.8 Å². The van der Waals surface area contributed by atoms with Crippen molar-refractivity contribution in [3.05, 3.63) is 63.2 Å². The molecule has 0 fully saturated rings. The number of rotatable bonds is 7. The first-order valence-electron chi connectivity index (χ1n) is 10.7. The van der Waals surface area contributed by atoms with Crippen molar-refractivity contribution in [3.8, 4) is 23.0 Å². The van der Waals surface area contributed by atoms with Crippen molar-refractivity contribution in [1.29, 1.82) is 5.41 Å². The first-order valence-corrected chi connectivity index (χ1v) is 11.9. The third-order valence-electron chi connectivity index (χ3n) is 5.15. The minimum atomic E-state index is -0.676. The topological polar surface area (TPSA) is 111 Å². The highest BCUT2D eigenvalue weighted by atomic mass is 35.5. The van der Waals surface area contributed by atoms with E-state index in [-0.39, 0.29) is 40.1 Å². The number of methoxy groups -OCH3 is 2. The fourth-order valence-corrected chi connectivity index (χ4v) is 4.59. The van der Waals surface area contributed by atoms with Gasteiger partial charge in [-0.3, -0.25) is 15.1 Å². The van der Waals surface area contributed by atoms with E-state index in [1.165, 1.54) is 44.2 Å². The van der Waals surface area contributed by atoms with Crippen LogP contribution < -0.4 is 18.9 Å². The number of carbonyl (C=O) groups excluding carboxylic acids is 2. The maximum absolute atomic E-state index is 12.9. The van der Waals surface area contributed by atoms with Crippen LogP contribution in [-0.2, 0) is 4.79 Å². The highest BCUT2D eigenvalue weighted by molar-refractivity contribution is 8.17. The molecule has 0 aromatic heterocycles. The maximum Gasteiger partial charge on any atom is 0.343 e. The molecule has 11 heteroatoms. The lowest BCUT2D eigenvalue weighted by Gasteiger charge is -2.22. The molecule has 0 unspecified atom stereocenters. The number of aliphatic imine (C=N–C) groups is 1. The Kier molecular flexibility index (Phi) is 7.37. The van der Waals surface area contributed by atoms with E-state index >= 15 is 0 Å². The summed E-state index contributed by atoms with van der Waals surface area (Å²) in [5.41, 5.74) is 0.798. The van der Waals surface area contributed by atoms with E-state index in [2.05, 4.69) is 4.99 Å². The van der Waals surface area contributed by atoms with Crippen LogP contribution in [0.1, 0.15) is 29.8 Å². The largest absolute Gasteiger partial charge is 0.493 e. The molecule has 186 valence electrons. The number of halogens is 1. The lowest BCUT2D eigenvalue weighted by molar-refractivity contribution is -0.114. The summed E-state index contributed by atoms with van der Waals surface area (Å²) in [4.78, 5) is 32.0. The van der Waals surface area contributed by atoms with Crippen LogP contribution in [0.2, 0.25) is 5.02 Å². The summed E-state index contributed by atoms with van der Waals surface area (Å²) in [5.74, 6) is -0.122. The molecule has 0 aliphatic carbocycles. The Morgan fingerprint density at radius 2 is 1.92 bits per heavy atom. The first-order chi connectivity index (χ1) is 17.2. The van der Waals surface area contributed by atoms with E-state index in [1.807, 2.05) is 6.92 Å². The molecule has 2 aliphatic rings. The van der Waals surface area contributed by atoms with Gasteiger partial charge in [0.1, 0.15) is 5.84 Å². The summed E-state index contributed by atoms with van der Waals surface area (Å²) < 4.78 is 21.7. The van der Waals surface area contributed by atoms with Gasteiger partial charge in [0.05, 0.1) is 37.0 Å².